The van der Waals surface area contributed by atoms with Gasteiger partial charge in [-0.2, -0.15) is 0 Å². The van der Waals surface area contributed by atoms with E-state index < -0.39 is 0 Å². The number of carbonyl (C=O) groups excluding carboxylic acids is 1. The summed E-state index contributed by atoms with van der Waals surface area (Å²) in [4.78, 5) is 11.5. The Morgan fingerprint density at radius 1 is 1.26 bits per heavy atom. The van der Waals surface area contributed by atoms with Gasteiger partial charge in [-0.1, -0.05) is 42.8 Å². The van der Waals surface area contributed by atoms with Gasteiger partial charge in [0.1, 0.15) is 0 Å². The van der Waals surface area contributed by atoms with Crippen LogP contribution in [-0.2, 0) is 11.3 Å². The molecule has 1 aliphatic carbocycles. The van der Waals surface area contributed by atoms with Gasteiger partial charge in [-0.05, 0) is 54.7 Å². The van der Waals surface area contributed by atoms with Crippen LogP contribution in [-0.4, -0.2) is 19.1 Å². The Balaban J connectivity index is 1.86. The molecule has 0 saturated heterocycles. The van der Waals surface area contributed by atoms with Crippen LogP contribution in [0, 0.1) is 11.3 Å². The molecule has 23 heavy (non-hydrogen) atoms. The highest BCUT2D eigenvalue weighted by Gasteiger charge is 2.29. The fraction of sp³-hybridized carbons (Fsp3) is 0.632. The van der Waals surface area contributed by atoms with E-state index in [1.165, 1.54) is 38.4 Å². The Labute approximate surface area is 148 Å². The average Bonchev–Trinajstić information content (AvgIpc) is 2.52. The van der Waals surface area contributed by atoms with Crippen LogP contribution < -0.4 is 5.32 Å². The lowest BCUT2D eigenvalue weighted by Crippen LogP contribution is -2.35. The highest BCUT2D eigenvalue weighted by molar-refractivity contribution is 9.10. The standard InChI is InChI=1S/C19H28BrNO2/c1-19(2,3)15-7-9-16(10-8-15)21-12-14-6-5-13(11-17(14)20)18(22)23-4/h5-6,11,15-16,21H,7-10,12H2,1-4H3. The van der Waals surface area contributed by atoms with Crippen LogP contribution in [0.15, 0.2) is 22.7 Å². The van der Waals surface area contributed by atoms with E-state index in [2.05, 4.69) is 42.0 Å². The van der Waals surface area contributed by atoms with Gasteiger partial charge in [0.25, 0.3) is 0 Å². The Hall–Kier alpha value is -0.870. The van der Waals surface area contributed by atoms with E-state index in [1.54, 1.807) is 0 Å². The predicted molar refractivity (Wildman–Crippen MR) is 97.5 cm³/mol. The monoisotopic (exact) mass is 381 g/mol. The summed E-state index contributed by atoms with van der Waals surface area (Å²) in [5, 5.41) is 3.67. The molecule has 1 fully saturated rings. The van der Waals surface area contributed by atoms with Crippen LogP contribution in [0.2, 0.25) is 0 Å². The average molecular weight is 382 g/mol. The third kappa shape index (κ3) is 5.05. The number of hydrogen-bond donors (Lipinski definition) is 1. The fourth-order valence-electron chi connectivity index (χ4n) is 3.35. The van der Waals surface area contributed by atoms with Crippen LogP contribution in [0.25, 0.3) is 0 Å². The molecule has 0 atom stereocenters. The molecule has 0 unspecified atom stereocenters. The number of esters is 1. The summed E-state index contributed by atoms with van der Waals surface area (Å²) in [6.07, 6.45) is 5.12. The van der Waals surface area contributed by atoms with Crippen molar-refractivity contribution in [2.24, 2.45) is 11.3 Å². The van der Waals surface area contributed by atoms with Gasteiger partial charge < -0.3 is 10.1 Å². The number of methoxy groups -OCH3 is 1. The van der Waals surface area contributed by atoms with Crippen molar-refractivity contribution in [3.8, 4) is 0 Å². The number of halogens is 1. The lowest BCUT2D eigenvalue weighted by molar-refractivity contribution is 0.0600. The minimum atomic E-state index is -0.300. The molecule has 1 aromatic rings. The summed E-state index contributed by atoms with van der Waals surface area (Å²) >= 11 is 3.56. The maximum absolute atomic E-state index is 11.5. The normalized spacial score (nSPS) is 22.0. The molecular formula is C19H28BrNO2. The lowest BCUT2D eigenvalue weighted by atomic mass is 9.71. The number of carbonyl (C=O) groups is 1. The zero-order valence-corrected chi connectivity index (χ0v) is 16.2. The summed E-state index contributed by atoms with van der Waals surface area (Å²) in [6, 6.07) is 6.24. The van der Waals surface area contributed by atoms with Gasteiger partial charge in [-0.15, -0.1) is 0 Å². The van der Waals surface area contributed by atoms with E-state index in [0.717, 1.165) is 16.9 Å². The third-order valence-electron chi connectivity index (χ3n) is 5.01. The summed E-state index contributed by atoms with van der Waals surface area (Å²) < 4.78 is 5.70. The highest BCUT2D eigenvalue weighted by atomic mass is 79.9. The van der Waals surface area contributed by atoms with Crippen molar-refractivity contribution in [1.29, 1.82) is 0 Å². The number of ether oxygens (including phenoxy) is 1. The first-order valence-corrected chi connectivity index (χ1v) is 9.20. The smallest absolute Gasteiger partial charge is 0.337 e. The Bertz CT molecular complexity index is 543. The van der Waals surface area contributed by atoms with Crippen molar-refractivity contribution >= 4 is 21.9 Å². The maximum atomic E-state index is 11.5. The molecule has 1 aliphatic rings. The van der Waals surface area contributed by atoms with Gasteiger partial charge in [-0.3, -0.25) is 0 Å². The van der Waals surface area contributed by atoms with Crippen molar-refractivity contribution in [2.75, 3.05) is 7.11 Å². The lowest BCUT2D eigenvalue weighted by Gasteiger charge is -2.37. The molecule has 0 amide bonds. The second-order valence-corrected chi connectivity index (χ2v) is 8.45. The molecule has 0 radical (unpaired) electrons. The zero-order chi connectivity index (χ0) is 17.0. The Morgan fingerprint density at radius 2 is 1.91 bits per heavy atom. The van der Waals surface area contributed by atoms with Crippen LogP contribution in [0.5, 0.6) is 0 Å². The highest BCUT2D eigenvalue weighted by Crippen LogP contribution is 2.37. The summed E-state index contributed by atoms with van der Waals surface area (Å²) in [6.45, 7) is 7.88. The minimum absolute atomic E-state index is 0.300. The van der Waals surface area contributed by atoms with Gasteiger partial charge in [0.2, 0.25) is 0 Å². The topological polar surface area (TPSA) is 38.3 Å². The molecule has 1 saturated carbocycles. The molecule has 0 heterocycles. The van der Waals surface area contributed by atoms with E-state index in [0.29, 0.717) is 17.0 Å². The number of rotatable bonds is 4. The number of benzene rings is 1. The van der Waals surface area contributed by atoms with Crippen molar-refractivity contribution in [3.63, 3.8) is 0 Å². The largest absolute Gasteiger partial charge is 0.465 e. The minimum Gasteiger partial charge on any atom is -0.465 e. The first-order valence-electron chi connectivity index (χ1n) is 8.41. The molecule has 0 bridgehead atoms. The van der Waals surface area contributed by atoms with Crippen LogP contribution in [0.4, 0.5) is 0 Å². The molecule has 1 N–H and O–H groups in total. The molecule has 2 rings (SSSR count). The van der Waals surface area contributed by atoms with Crippen molar-refractivity contribution in [1.82, 2.24) is 5.32 Å². The van der Waals surface area contributed by atoms with Gasteiger partial charge in [0.15, 0.2) is 0 Å². The summed E-state index contributed by atoms with van der Waals surface area (Å²) in [7, 11) is 1.40. The molecule has 128 valence electrons. The molecule has 0 spiro atoms. The SMILES string of the molecule is COC(=O)c1ccc(CNC2CCC(C(C)(C)C)CC2)c(Br)c1. The van der Waals surface area contributed by atoms with E-state index in [-0.39, 0.29) is 5.97 Å². The van der Waals surface area contributed by atoms with Gasteiger partial charge in [-0.25, -0.2) is 4.79 Å². The summed E-state index contributed by atoms with van der Waals surface area (Å²) in [5.74, 6) is 0.539. The van der Waals surface area contributed by atoms with Crippen molar-refractivity contribution in [3.05, 3.63) is 33.8 Å². The van der Waals surface area contributed by atoms with E-state index in [1.807, 2.05) is 18.2 Å². The predicted octanol–water partition coefficient (Wildman–Crippen LogP) is 4.93. The fourth-order valence-corrected chi connectivity index (χ4v) is 3.87. The van der Waals surface area contributed by atoms with Crippen molar-refractivity contribution < 1.29 is 9.53 Å². The Morgan fingerprint density at radius 3 is 2.43 bits per heavy atom. The van der Waals surface area contributed by atoms with Gasteiger partial charge in [0, 0.05) is 17.1 Å². The maximum Gasteiger partial charge on any atom is 0.337 e. The van der Waals surface area contributed by atoms with Crippen LogP contribution in [0.1, 0.15) is 62.4 Å². The van der Waals surface area contributed by atoms with Gasteiger partial charge in [0.05, 0.1) is 12.7 Å². The molecule has 0 aliphatic heterocycles. The zero-order valence-electron chi connectivity index (χ0n) is 14.6. The summed E-state index contributed by atoms with van der Waals surface area (Å²) in [5.41, 5.74) is 2.18. The molecule has 3 nitrogen and oxygen atoms in total. The van der Waals surface area contributed by atoms with Crippen LogP contribution >= 0.6 is 15.9 Å². The molecule has 0 aromatic heterocycles. The molecule has 4 heteroatoms. The first kappa shape index (κ1) is 18.5. The van der Waals surface area contributed by atoms with E-state index in [9.17, 15) is 4.79 Å². The van der Waals surface area contributed by atoms with Gasteiger partial charge >= 0.3 is 5.97 Å². The third-order valence-corrected chi connectivity index (χ3v) is 5.75. The number of hydrogen-bond acceptors (Lipinski definition) is 3. The second-order valence-electron chi connectivity index (χ2n) is 7.59. The Kier molecular flexibility index (Phi) is 6.26. The van der Waals surface area contributed by atoms with E-state index >= 15 is 0 Å². The second kappa shape index (κ2) is 7.80. The van der Waals surface area contributed by atoms with E-state index in [4.69, 9.17) is 4.74 Å². The van der Waals surface area contributed by atoms with Crippen molar-refractivity contribution in [2.45, 2.75) is 59.0 Å². The molecule has 1 aromatic carbocycles. The van der Waals surface area contributed by atoms with Crippen LogP contribution in [0.3, 0.4) is 0 Å². The molecular weight excluding hydrogens is 354 g/mol. The first-order chi connectivity index (χ1) is 10.8. The number of nitrogens with one attached hydrogen (secondary N) is 1. The quantitative estimate of drug-likeness (QED) is 0.751.